The van der Waals surface area contributed by atoms with E-state index in [-0.39, 0.29) is 19.0 Å². The summed E-state index contributed by atoms with van der Waals surface area (Å²) in [6, 6.07) is 6.91. The summed E-state index contributed by atoms with van der Waals surface area (Å²) in [5.74, 6) is 0.299. The summed E-state index contributed by atoms with van der Waals surface area (Å²) in [6.07, 6.45) is 0.346. The average Bonchev–Trinajstić information content (AvgIpc) is 2.29. The van der Waals surface area contributed by atoms with Crippen molar-refractivity contribution in [3.63, 3.8) is 0 Å². The van der Waals surface area contributed by atoms with E-state index in [1.165, 1.54) is 0 Å². The largest absolute Gasteiger partial charge is 0.490 e. The van der Waals surface area contributed by atoms with E-state index >= 15 is 0 Å². The smallest absolute Gasteiger partial charge is 0.215 e. The normalized spacial score (nSPS) is 12.3. The third-order valence-electron chi connectivity index (χ3n) is 2.70. The Balaban J connectivity index is 2.50. The van der Waals surface area contributed by atoms with Gasteiger partial charge in [0, 0.05) is 12.1 Å². The number of hydrogen-bond donors (Lipinski definition) is 3. The van der Waals surface area contributed by atoms with Crippen molar-refractivity contribution in [3.05, 3.63) is 24.3 Å². The Hall–Kier alpha value is -1.31. The van der Waals surface area contributed by atoms with Gasteiger partial charge in [-0.05, 0) is 32.4 Å². The molecule has 0 aromatic heterocycles. The van der Waals surface area contributed by atoms with E-state index in [9.17, 15) is 8.42 Å². The summed E-state index contributed by atoms with van der Waals surface area (Å²) in [4.78, 5) is 0. The second-order valence-electron chi connectivity index (χ2n) is 5.16. The lowest BCUT2D eigenvalue weighted by Gasteiger charge is -2.25. The van der Waals surface area contributed by atoms with Crippen LogP contribution in [0.1, 0.15) is 20.3 Å². The molecule has 0 heterocycles. The molecule has 0 amide bonds. The highest BCUT2D eigenvalue weighted by atomic mass is 32.2. The molecule has 0 aliphatic rings. The summed E-state index contributed by atoms with van der Waals surface area (Å²) >= 11 is 0. The zero-order valence-electron chi connectivity index (χ0n) is 11.8. The SMILES string of the molecule is CC(C)(CCO)NS(=O)(=O)CCOc1ccccc1N. The fourth-order valence-corrected chi connectivity index (χ4v) is 3.02. The molecule has 1 aromatic carbocycles. The standard InChI is InChI=1S/C13H22N2O4S/c1-13(2,7-8-16)15-20(17,18)10-9-19-12-6-4-3-5-11(12)14/h3-6,15-16H,7-10,14H2,1-2H3. The van der Waals surface area contributed by atoms with Crippen LogP contribution in [0, 0.1) is 0 Å². The minimum Gasteiger partial charge on any atom is -0.490 e. The van der Waals surface area contributed by atoms with Crippen molar-refractivity contribution in [2.24, 2.45) is 0 Å². The highest BCUT2D eigenvalue weighted by molar-refractivity contribution is 7.89. The molecule has 0 spiro atoms. The number of aliphatic hydroxyl groups excluding tert-OH is 1. The highest BCUT2D eigenvalue weighted by Gasteiger charge is 2.24. The molecule has 0 bridgehead atoms. The van der Waals surface area contributed by atoms with Crippen LogP contribution in [-0.2, 0) is 10.0 Å². The van der Waals surface area contributed by atoms with Crippen LogP contribution < -0.4 is 15.2 Å². The van der Waals surface area contributed by atoms with Gasteiger partial charge in [0.05, 0.1) is 11.4 Å². The molecule has 20 heavy (non-hydrogen) atoms. The maximum Gasteiger partial charge on any atom is 0.215 e. The van der Waals surface area contributed by atoms with Gasteiger partial charge in [0.15, 0.2) is 0 Å². The van der Waals surface area contributed by atoms with Crippen LogP contribution in [0.4, 0.5) is 5.69 Å². The van der Waals surface area contributed by atoms with Gasteiger partial charge in [-0.25, -0.2) is 13.1 Å². The Morgan fingerprint density at radius 1 is 1.35 bits per heavy atom. The van der Waals surface area contributed by atoms with Crippen molar-refractivity contribution in [2.75, 3.05) is 24.7 Å². The van der Waals surface area contributed by atoms with E-state index in [4.69, 9.17) is 15.6 Å². The quantitative estimate of drug-likeness (QED) is 0.614. The predicted octanol–water partition coefficient (Wildman–Crippen LogP) is 0.728. The van der Waals surface area contributed by atoms with Crippen LogP contribution in [0.15, 0.2) is 24.3 Å². The van der Waals surface area contributed by atoms with E-state index in [0.29, 0.717) is 17.9 Å². The van der Waals surface area contributed by atoms with E-state index in [1.54, 1.807) is 38.1 Å². The molecular weight excluding hydrogens is 280 g/mol. The summed E-state index contributed by atoms with van der Waals surface area (Å²) in [5, 5.41) is 8.88. The number of benzene rings is 1. The van der Waals surface area contributed by atoms with Gasteiger partial charge in [-0.1, -0.05) is 12.1 Å². The molecule has 0 radical (unpaired) electrons. The van der Waals surface area contributed by atoms with E-state index in [2.05, 4.69) is 4.72 Å². The van der Waals surface area contributed by atoms with Gasteiger partial charge in [0.25, 0.3) is 0 Å². The van der Waals surface area contributed by atoms with Gasteiger partial charge in [0.2, 0.25) is 10.0 Å². The van der Waals surface area contributed by atoms with Crippen LogP contribution >= 0.6 is 0 Å². The second-order valence-corrected chi connectivity index (χ2v) is 7.01. The van der Waals surface area contributed by atoms with Crippen LogP contribution in [0.3, 0.4) is 0 Å². The number of ether oxygens (including phenoxy) is 1. The van der Waals surface area contributed by atoms with Crippen molar-refractivity contribution in [1.29, 1.82) is 0 Å². The number of para-hydroxylation sites is 2. The first-order valence-corrected chi connectivity index (χ1v) is 8.01. The maximum atomic E-state index is 11.9. The van der Waals surface area contributed by atoms with Crippen LogP contribution in [-0.4, -0.2) is 38.0 Å². The van der Waals surface area contributed by atoms with Crippen LogP contribution in [0.5, 0.6) is 5.75 Å². The fraction of sp³-hybridized carbons (Fsp3) is 0.538. The Bertz CT molecular complexity index is 529. The monoisotopic (exact) mass is 302 g/mol. The molecule has 0 unspecified atom stereocenters. The summed E-state index contributed by atoms with van der Waals surface area (Å²) in [6.45, 7) is 3.37. The van der Waals surface area contributed by atoms with Crippen LogP contribution in [0.2, 0.25) is 0 Å². The Labute approximate surface area is 120 Å². The number of nitrogens with two attached hydrogens (primary N) is 1. The third-order valence-corrected chi connectivity index (χ3v) is 4.26. The number of rotatable bonds is 8. The molecule has 1 rings (SSSR count). The van der Waals surface area contributed by atoms with E-state index < -0.39 is 15.6 Å². The molecule has 6 nitrogen and oxygen atoms in total. The molecule has 4 N–H and O–H groups in total. The number of nitrogen functional groups attached to an aromatic ring is 1. The number of anilines is 1. The zero-order chi connectivity index (χ0) is 15.2. The maximum absolute atomic E-state index is 11.9. The summed E-state index contributed by atoms with van der Waals surface area (Å²) in [7, 11) is -3.47. The molecule has 0 aliphatic carbocycles. The Morgan fingerprint density at radius 2 is 2.00 bits per heavy atom. The molecule has 7 heteroatoms. The molecule has 0 saturated heterocycles. The van der Waals surface area contributed by atoms with Crippen molar-refractivity contribution in [2.45, 2.75) is 25.8 Å². The Morgan fingerprint density at radius 3 is 2.60 bits per heavy atom. The number of aliphatic hydroxyl groups is 1. The van der Waals surface area contributed by atoms with Gasteiger partial charge in [0.1, 0.15) is 12.4 Å². The van der Waals surface area contributed by atoms with Crippen molar-refractivity contribution < 1.29 is 18.3 Å². The average molecular weight is 302 g/mol. The first kappa shape index (κ1) is 16.7. The molecule has 0 atom stereocenters. The highest BCUT2D eigenvalue weighted by Crippen LogP contribution is 2.19. The van der Waals surface area contributed by atoms with Gasteiger partial charge < -0.3 is 15.6 Å². The first-order valence-electron chi connectivity index (χ1n) is 6.35. The first-order chi connectivity index (χ1) is 9.26. The van der Waals surface area contributed by atoms with E-state index in [0.717, 1.165) is 0 Å². The minimum absolute atomic E-state index is 0.0127. The number of sulfonamides is 1. The van der Waals surface area contributed by atoms with Crippen LogP contribution in [0.25, 0.3) is 0 Å². The number of nitrogens with one attached hydrogen (secondary N) is 1. The van der Waals surface area contributed by atoms with Crippen molar-refractivity contribution >= 4 is 15.7 Å². The van der Waals surface area contributed by atoms with Crippen molar-refractivity contribution in [1.82, 2.24) is 4.72 Å². The molecule has 0 fully saturated rings. The van der Waals surface area contributed by atoms with Gasteiger partial charge in [-0.3, -0.25) is 0 Å². The summed E-state index contributed by atoms with van der Waals surface area (Å²) in [5.41, 5.74) is 5.48. The lowest BCUT2D eigenvalue weighted by molar-refractivity contribution is 0.245. The van der Waals surface area contributed by atoms with Gasteiger partial charge in [-0.2, -0.15) is 0 Å². The zero-order valence-corrected chi connectivity index (χ0v) is 12.6. The topological polar surface area (TPSA) is 102 Å². The summed E-state index contributed by atoms with van der Waals surface area (Å²) < 4.78 is 31.7. The molecule has 0 saturated carbocycles. The molecule has 1 aromatic rings. The van der Waals surface area contributed by atoms with Gasteiger partial charge in [-0.15, -0.1) is 0 Å². The number of hydrogen-bond acceptors (Lipinski definition) is 5. The van der Waals surface area contributed by atoms with Crippen molar-refractivity contribution in [3.8, 4) is 5.75 Å². The molecule has 0 aliphatic heterocycles. The second kappa shape index (κ2) is 6.92. The predicted molar refractivity (Wildman–Crippen MR) is 79.1 cm³/mol. The lowest BCUT2D eigenvalue weighted by atomic mass is 10.0. The Kier molecular flexibility index (Phi) is 5.79. The fourth-order valence-electron chi connectivity index (χ4n) is 1.68. The molecule has 114 valence electrons. The third kappa shape index (κ3) is 5.77. The lowest BCUT2D eigenvalue weighted by Crippen LogP contribution is -2.45. The van der Waals surface area contributed by atoms with Gasteiger partial charge >= 0.3 is 0 Å². The molecular formula is C13H22N2O4S. The van der Waals surface area contributed by atoms with E-state index in [1.807, 2.05) is 0 Å². The minimum atomic E-state index is -3.47.